The maximum absolute atomic E-state index is 12.4. The minimum absolute atomic E-state index is 0.195. The SMILES string of the molecule is O=C1c2ccccc2C(=O)N1c1ccc2ccc(=O)[nH]c2n1. The summed E-state index contributed by atoms with van der Waals surface area (Å²) in [6, 6.07) is 13.0. The molecule has 106 valence electrons. The van der Waals surface area contributed by atoms with Crippen LogP contribution in [-0.4, -0.2) is 21.8 Å². The molecular formula is C16H9N3O3. The molecule has 1 aliphatic rings. The highest BCUT2D eigenvalue weighted by Crippen LogP contribution is 2.27. The summed E-state index contributed by atoms with van der Waals surface area (Å²) in [5.41, 5.74) is 0.757. The summed E-state index contributed by atoms with van der Waals surface area (Å²) in [4.78, 5) is 44.0. The highest BCUT2D eigenvalue weighted by atomic mass is 16.2. The number of imide groups is 1. The first-order chi connectivity index (χ1) is 10.6. The summed E-state index contributed by atoms with van der Waals surface area (Å²) in [6.07, 6.45) is 0. The number of aromatic nitrogens is 2. The van der Waals surface area contributed by atoms with Gasteiger partial charge in [-0.15, -0.1) is 0 Å². The van der Waals surface area contributed by atoms with E-state index in [0.29, 0.717) is 16.8 Å². The Morgan fingerprint density at radius 2 is 1.45 bits per heavy atom. The number of hydrogen-bond donors (Lipinski definition) is 1. The van der Waals surface area contributed by atoms with Crippen LogP contribution in [-0.2, 0) is 0 Å². The van der Waals surface area contributed by atoms with Gasteiger partial charge in [-0.25, -0.2) is 9.88 Å². The van der Waals surface area contributed by atoms with Gasteiger partial charge in [-0.05, 0) is 30.3 Å². The number of benzene rings is 1. The van der Waals surface area contributed by atoms with E-state index in [0.717, 1.165) is 10.3 Å². The molecule has 3 aromatic rings. The minimum atomic E-state index is -0.411. The van der Waals surface area contributed by atoms with Crippen molar-refractivity contribution in [1.82, 2.24) is 9.97 Å². The van der Waals surface area contributed by atoms with Crippen LogP contribution in [0.15, 0.2) is 53.3 Å². The first-order valence-electron chi connectivity index (χ1n) is 6.63. The van der Waals surface area contributed by atoms with Crippen LogP contribution in [0.2, 0.25) is 0 Å². The lowest BCUT2D eigenvalue weighted by Crippen LogP contribution is -2.30. The fourth-order valence-electron chi connectivity index (χ4n) is 2.54. The predicted molar refractivity (Wildman–Crippen MR) is 79.9 cm³/mol. The summed E-state index contributed by atoms with van der Waals surface area (Å²) < 4.78 is 0. The van der Waals surface area contributed by atoms with Crippen molar-refractivity contribution >= 4 is 28.7 Å². The van der Waals surface area contributed by atoms with Gasteiger partial charge in [-0.3, -0.25) is 14.4 Å². The molecule has 0 spiro atoms. The molecule has 1 N–H and O–H groups in total. The predicted octanol–water partition coefficient (Wildman–Crippen LogP) is 1.72. The largest absolute Gasteiger partial charge is 0.307 e. The lowest BCUT2D eigenvalue weighted by atomic mass is 10.1. The molecule has 0 saturated carbocycles. The minimum Gasteiger partial charge on any atom is -0.307 e. The Morgan fingerprint density at radius 3 is 2.14 bits per heavy atom. The van der Waals surface area contributed by atoms with Gasteiger partial charge in [0.15, 0.2) is 0 Å². The number of pyridine rings is 2. The van der Waals surface area contributed by atoms with Crippen LogP contribution in [0.1, 0.15) is 20.7 Å². The van der Waals surface area contributed by atoms with Gasteiger partial charge < -0.3 is 4.98 Å². The number of carbonyl (C=O) groups is 2. The van der Waals surface area contributed by atoms with E-state index in [1.807, 2.05) is 0 Å². The van der Waals surface area contributed by atoms with Gasteiger partial charge in [0.25, 0.3) is 11.8 Å². The second-order valence-corrected chi connectivity index (χ2v) is 4.92. The number of amides is 2. The fourth-order valence-corrected chi connectivity index (χ4v) is 2.54. The van der Waals surface area contributed by atoms with Crippen LogP contribution in [0, 0.1) is 0 Å². The first kappa shape index (κ1) is 12.5. The zero-order valence-corrected chi connectivity index (χ0v) is 11.2. The van der Waals surface area contributed by atoms with E-state index in [1.165, 1.54) is 6.07 Å². The van der Waals surface area contributed by atoms with Gasteiger partial charge in [0, 0.05) is 11.5 Å². The fraction of sp³-hybridized carbons (Fsp3) is 0. The number of H-pyrrole nitrogens is 1. The molecule has 0 fully saturated rings. The molecule has 0 bridgehead atoms. The molecule has 0 saturated heterocycles. The average molecular weight is 291 g/mol. The molecule has 6 nitrogen and oxygen atoms in total. The smallest absolute Gasteiger partial charge is 0.267 e. The molecule has 2 amide bonds. The van der Waals surface area contributed by atoms with Crippen LogP contribution >= 0.6 is 0 Å². The molecule has 4 rings (SSSR count). The van der Waals surface area contributed by atoms with E-state index >= 15 is 0 Å². The Kier molecular flexibility index (Phi) is 2.47. The molecule has 3 heterocycles. The number of hydrogen-bond acceptors (Lipinski definition) is 4. The van der Waals surface area contributed by atoms with Crippen molar-refractivity contribution in [1.29, 1.82) is 0 Å². The van der Waals surface area contributed by atoms with Gasteiger partial charge in [0.2, 0.25) is 5.56 Å². The molecule has 6 heteroatoms. The molecule has 1 aliphatic heterocycles. The number of rotatable bonds is 1. The number of anilines is 1. The molecule has 2 aromatic heterocycles. The van der Waals surface area contributed by atoms with Gasteiger partial charge >= 0.3 is 0 Å². The lowest BCUT2D eigenvalue weighted by molar-refractivity contribution is 0.0925. The zero-order valence-electron chi connectivity index (χ0n) is 11.2. The number of nitrogens with one attached hydrogen (secondary N) is 1. The second-order valence-electron chi connectivity index (χ2n) is 4.92. The van der Waals surface area contributed by atoms with Gasteiger partial charge in [-0.1, -0.05) is 12.1 Å². The van der Waals surface area contributed by atoms with E-state index < -0.39 is 11.8 Å². The summed E-state index contributed by atoms with van der Waals surface area (Å²) in [7, 11) is 0. The third-order valence-corrected chi connectivity index (χ3v) is 3.59. The summed E-state index contributed by atoms with van der Waals surface area (Å²) >= 11 is 0. The van der Waals surface area contributed by atoms with Crippen molar-refractivity contribution in [2.75, 3.05) is 4.90 Å². The first-order valence-corrected chi connectivity index (χ1v) is 6.63. The Bertz CT molecular complexity index is 972. The lowest BCUT2D eigenvalue weighted by Gasteiger charge is -2.12. The monoisotopic (exact) mass is 291 g/mol. The molecule has 0 radical (unpaired) electrons. The molecule has 0 atom stereocenters. The second kappa shape index (κ2) is 4.36. The van der Waals surface area contributed by atoms with E-state index in [2.05, 4.69) is 9.97 Å². The van der Waals surface area contributed by atoms with Crippen LogP contribution in [0.3, 0.4) is 0 Å². The Labute approximate surface area is 124 Å². The van der Waals surface area contributed by atoms with Crippen molar-refractivity contribution in [3.63, 3.8) is 0 Å². The normalized spacial score (nSPS) is 13.7. The van der Waals surface area contributed by atoms with Crippen molar-refractivity contribution in [3.8, 4) is 0 Å². The number of nitrogens with zero attached hydrogens (tertiary/aromatic N) is 2. The zero-order chi connectivity index (χ0) is 15.3. The van der Waals surface area contributed by atoms with Crippen molar-refractivity contribution in [2.24, 2.45) is 0 Å². The Morgan fingerprint density at radius 1 is 0.818 bits per heavy atom. The molecule has 22 heavy (non-hydrogen) atoms. The topological polar surface area (TPSA) is 83.1 Å². The molecule has 0 aliphatic carbocycles. The Balaban J connectivity index is 1.88. The number of carbonyl (C=O) groups excluding carboxylic acids is 2. The maximum atomic E-state index is 12.4. The summed E-state index contributed by atoms with van der Waals surface area (Å²) in [6.45, 7) is 0. The van der Waals surface area contributed by atoms with Crippen LogP contribution in [0.5, 0.6) is 0 Å². The van der Waals surface area contributed by atoms with Crippen molar-refractivity contribution in [2.45, 2.75) is 0 Å². The van der Waals surface area contributed by atoms with E-state index in [-0.39, 0.29) is 11.4 Å². The standard InChI is InChI=1S/C16H9N3O3/c20-13-8-6-9-5-7-12(17-14(9)18-13)19-15(21)10-3-1-2-4-11(10)16(19)22/h1-8H,(H,17,18,20). The van der Waals surface area contributed by atoms with Crippen LogP contribution in [0.4, 0.5) is 5.82 Å². The van der Waals surface area contributed by atoms with Crippen LogP contribution < -0.4 is 10.5 Å². The highest BCUT2D eigenvalue weighted by molar-refractivity contribution is 6.34. The maximum Gasteiger partial charge on any atom is 0.267 e. The van der Waals surface area contributed by atoms with Crippen molar-refractivity contribution in [3.05, 3.63) is 70.0 Å². The quantitative estimate of drug-likeness (QED) is 0.692. The molecular weight excluding hydrogens is 282 g/mol. The molecule has 0 unspecified atom stereocenters. The number of aromatic amines is 1. The average Bonchev–Trinajstić information content (AvgIpc) is 2.79. The number of fused-ring (bicyclic) bond motifs is 2. The van der Waals surface area contributed by atoms with E-state index in [9.17, 15) is 14.4 Å². The van der Waals surface area contributed by atoms with Gasteiger partial charge in [0.1, 0.15) is 11.5 Å². The third kappa shape index (κ3) is 1.67. The van der Waals surface area contributed by atoms with E-state index in [4.69, 9.17) is 0 Å². The van der Waals surface area contributed by atoms with Gasteiger partial charge in [-0.2, -0.15) is 0 Å². The third-order valence-electron chi connectivity index (χ3n) is 3.59. The summed E-state index contributed by atoms with van der Waals surface area (Å²) in [5, 5.41) is 0.722. The van der Waals surface area contributed by atoms with E-state index in [1.54, 1.807) is 42.5 Å². The van der Waals surface area contributed by atoms with Gasteiger partial charge in [0.05, 0.1) is 11.1 Å². The molecule has 1 aromatic carbocycles. The highest BCUT2D eigenvalue weighted by Gasteiger charge is 2.37. The van der Waals surface area contributed by atoms with Crippen LogP contribution in [0.25, 0.3) is 11.0 Å². The van der Waals surface area contributed by atoms with Crippen molar-refractivity contribution < 1.29 is 9.59 Å². The summed E-state index contributed by atoms with van der Waals surface area (Å²) in [5.74, 6) is -0.628. The Hall–Kier alpha value is -3.28.